The summed E-state index contributed by atoms with van der Waals surface area (Å²) in [6.45, 7) is 3.52. The van der Waals surface area contributed by atoms with Crippen molar-refractivity contribution in [3.05, 3.63) is 52.5 Å². The van der Waals surface area contributed by atoms with Gasteiger partial charge in [0.15, 0.2) is 0 Å². The van der Waals surface area contributed by atoms with Crippen LogP contribution in [-0.4, -0.2) is 31.7 Å². The lowest BCUT2D eigenvalue weighted by Crippen LogP contribution is -2.22. The summed E-state index contributed by atoms with van der Waals surface area (Å²) in [6.07, 6.45) is 0.0198. The molecule has 0 aromatic heterocycles. The number of rotatable bonds is 7. The van der Waals surface area contributed by atoms with Gasteiger partial charge in [-0.15, -0.1) is 0 Å². The number of hydrogen-bond acceptors (Lipinski definition) is 5. The molecule has 0 aliphatic carbocycles. The molecular weight excluding hydrogens is 382 g/mol. The summed E-state index contributed by atoms with van der Waals surface area (Å²) < 4.78 is 10.3. The lowest BCUT2D eigenvalue weighted by Gasteiger charge is -2.10. The number of carbonyl (C=O) groups excluding carboxylic acids is 2. The van der Waals surface area contributed by atoms with Gasteiger partial charge in [-0.3, -0.25) is 9.59 Å². The maximum Gasteiger partial charge on any atom is 0.275 e. The van der Waals surface area contributed by atoms with Gasteiger partial charge in [-0.25, -0.2) is 5.43 Å². The van der Waals surface area contributed by atoms with Gasteiger partial charge in [0, 0.05) is 22.5 Å². The van der Waals surface area contributed by atoms with Crippen molar-refractivity contribution >= 4 is 34.8 Å². The molecule has 0 fully saturated rings. The number of amides is 2. The number of anilines is 1. The highest BCUT2D eigenvalue weighted by Crippen LogP contribution is 2.24. The van der Waals surface area contributed by atoms with E-state index in [1.54, 1.807) is 37.3 Å². The van der Waals surface area contributed by atoms with E-state index in [1.165, 1.54) is 14.2 Å². The molecule has 2 aromatic rings. The molecule has 0 unspecified atom stereocenters. The second kappa shape index (κ2) is 9.75. The topological polar surface area (TPSA) is 89.0 Å². The van der Waals surface area contributed by atoms with Crippen LogP contribution in [0.15, 0.2) is 41.5 Å². The first-order valence-electron chi connectivity index (χ1n) is 8.45. The molecule has 28 heavy (non-hydrogen) atoms. The van der Waals surface area contributed by atoms with E-state index in [9.17, 15) is 9.59 Å². The molecule has 0 aliphatic rings. The predicted molar refractivity (Wildman–Crippen MR) is 110 cm³/mol. The molecule has 7 nitrogen and oxygen atoms in total. The van der Waals surface area contributed by atoms with Crippen LogP contribution < -0.4 is 20.2 Å². The molecule has 2 amide bonds. The molecule has 8 heteroatoms. The van der Waals surface area contributed by atoms with E-state index in [4.69, 9.17) is 21.1 Å². The van der Waals surface area contributed by atoms with Crippen molar-refractivity contribution in [1.29, 1.82) is 0 Å². The molecule has 0 aliphatic heterocycles. The number of methoxy groups -OCH3 is 2. The first-order valence-corrected chi connectivity index (χ1v) is 8.83. The van der Waals surface area contributed by atoms with Crippen molar-refractivity contribution in [2.24, 2.45) is 5.10 Å². The second-order valence-electron chi connectivity index (χ2n) is 6.04. The lowest BCUT2D eigenvalue weighted by atomic mass is 10.2. The summed E-state index contributed by atoms with van der Waals surface area (Å²) in [5, 5.41) is 7.30. The van der Waals surface area contributed by atoms with Crippen molar-refractivity contribution in [3.8, 4) is 11.5 Å². The predicted octanol–water partition coefficient (Wildman–Crippen LogP) is 3.80. The number of nitrogens with zero attached hydrogens (tertiary/aromatic N) is 1. The monoisotopic (exact) mass is 403 g/mol. The average molecular weight is 404 g/mol. The zero-order chi connectivity index (χ0) is 20.7. The van der Waals surface area contributed by atoms with Gasteiger partial charge in [0.25, 0.3) is 5.91 Å². The number of carbonyl (C=O) groups is 2. The van der Waals surface area contributed by atoms with E-state index in [0.29, 0.717) is 33.5 Å². The molecule has 0 saturated heterocycles. The number of benzene rings is 2. The lowest BCUT2D eigenvalue weighted by molar-refractivity contribution is -0.115. The van der Waals surface area contributed by atoms with Crippen molar-refractivity contribution in [2.45, 2.75) is 20.3 Å². The van der Waals surface area contributed by atoms with Crippen LogP contribution in [0.3, 0.4) is 0 Å². The van der Waals surface area contributed by atoms with Crippen molar-refractivity contribution in [3.63, 3.8) is 0 Å². The summed E-state index contributed by atoms with van der Waals surface area (Å²) in [4.78, 5) is 24.5. The van der Waals surface area contributed by atoms with Gasteiger partial charge in [-0.2, -0.15) is 5.10 Å². The Bertz CT molecular complexity index is 912. The van der Waals surface area contributed by atoms with E-state index >= 15 is 0 Å². The minimum atomic E-state index is -0.454. The third-order valence-electron chi connectivity index (χ3n) is 3.89. The van der Waals surface area contributed by atoms with Crippen molar-refractivity contribution < 1.29 is 19.1 Å². The summed E-state index contributed by atoms with van der Waals surface area (Å²) >= 11 is 5.95. The van der Waals surface area contributed by atoms with Crippen LogP contribution in [0.25, 0.3) is 0 Å². The molecular formula is C20H22ClN3O4. The number of hydrazone groups is 1. The number of hydrogen-bond donors (Lipinski definition) is 2. The van der Waals surface area contributed by atoms with Crippen LogP contribution >= 0.6 is 11.6 Å². The molecule has 0 spiro atoms. The van der Waals surface area contributed by atoms with Crippen LogP contribution in [0.4, 0.5) is 5.69 Å². The SMILES string of the molecule is COc1ccc(C(=O)NN=C(C)CC(=O)Nc2cc(Cl)ccc2C)c(OC)c1. The zero-order valence-corrected chi connectivity index (χ0v) is 16.9. The normalized spacial score (nSPS) is 11.0. The van der Waals surface area contributed by atoms with E-state index in [0.717, 1.165) is 5.56 Å². The number of halogens is 1. The Kier molecular flexibility index (Phi) is 7.40. The smallest absolute Gasteiger partial charge is 0.275 e. The summed E-state index contributed by atoms with van der Waals surface area (Å²) in [6, 6.07) is 10.1. The van der Waals surface area contributed by atoms with Gasteiger partial charge >= 0.3 is 0 Å². The number of nitrogens with one attached hydrogen (secondary N) is 2. The van der Waals surface area contributed by atoms with Crippen LogP contribution in [0, 0.1) is 6.92 Å². The minimum absolute atomic E-state index is 0.0198. The van der Waals surface area contributed by atoms with Gasteiger partial charge in [0.05, 0.1) is 26.2 Å². The fourth-order valence-corrected chi connectivity index (χ4v) is 2.56. The van der Waals surface area contributed by atoms with Crippen molar-refractivity contribution in [2.75, 3.05) is 19.5 Å². The molecule has 0 radical (unpaired) electrons. The highest BCUT2D eigenvalue weighted by molar-refractivity contribution is 6.31. The Labute approximate surface area is 168 Å². The van der Waals surface area contributed by atoms with Gasteiger partial charge in [-0.1, -0.05) is 17.7 Å². The van der Waals surface area contributed by atoms with Gasteiger partial charge in [-0.05, 0) is 43.7 Å². The second-order valence-corrected chi connectivity index (χ2v) is 6.47. The van der Waals surface area contributed by atoms with E-state index < -0.39 is 5.91 Å². The standard InChI is InChI=1S/C20H22ClN3O4/c1-12-5-6-14(21)10-17(12)22-19(25)9-13(2)23-24-20(26)16-8-7-15(27-3)11-18(16)28-4/h5-8,10-11H,9H2,1-4H3,(H,22,25)(H,24,26). The molecule has 0 saturated carbocycles. The van der Waals surface area contributed by atoms with E-state index in [2.05, 4.69) is 15.8 Å². The first kappa shape index (κ1) is 21.2. The van der Waals surface area contributed by atoms with Crippen LogP contribution in [0.2, 0.25) is 5.02 Å². The molecule has 0 bridgehead atoms. The van der Waals surface area contributed by atoms with Crippen LogP contribution in [0.1, 0.15) is 29.3 Å². The van der Waals surface area contributed by atoms with Crippen molar-refractivity contribution in [1.82, 2.24) is 5.43 Å². The molecule has 148 valence electrons. The number of aryl methyl sites for hydroxylation is 1. The summed E-state index contributed by atoms with van der Waals surface area (Å²) in [5.74, 6) is 0.216. The highest BCUT2D eigenvalue weighted by atomic mass is 35.5. The van der Waals surface area contributed by atoms with Crippen LogP contribution in [0.5, 0.6) is 11.5 Å². The third kappa shape index (κ3) is 5.72. The van der Waals surface area contributed by atoms with E-state index in [-0.39, 0.29) is 12.3 Å². The third-order valence-corrected chi connectivity index (χ3v) is 4.13. The van der Waals surface area contributed by atoms with E-state index in [1.807, 2.05) is 13.0 Å². The molecule has 0 heterocycles. The largest absolute Gasteiger partial charge is 0.497 e. The average Bonchev–Trinajstić information content (AvgIpc) is 2.68. The van der Waals surface area contributed by atoms with Gasteiger partial charge in [0.2, 0.25) is 5.91 Å². The molecule has 2 aromatic carbocycles. The Morgan fingerprint density at radius 1 is 1.11 bits per heavy atom. The number of ether oxygens (including phenoxy) is 2. The van der Waals surface area contributed by atoms with Gasteiger partial charge < -0.3 is 14.8 Å². The Balaban J connectivity index is 1.99. The summed E-state index contributed by atoms with van der Waals surface area (Å²) in [7, 11) is 2.99. The Morgan fingerprint density at radius 3 is 2.54 bits per heavy atom. The summed E-state index contributed by atoms with van der Waals surface area (Å²) in [5.41, 5.74) is 4.71. The van der Waals surface area contributed by atoms with Crippen LogP contribution in [-0.2, 0) is 4.79 Å². The maximum absolute atomic E-state index is 12.3. The molecule has 2 rings (SSSR count). The first-order chi connectivity index (χ1) is 13.3. The quantitative estimate of drug-likeness (QED) is 0.543. The molecule has 2 N–H and O–H groups in total. The maximum atomic E-state index is 12.3. The Hall–Kier alpha value is -3.06. The fourth-order valence-electron chi connectivity index (χ4n) is 2.39. The highest BCUT2D eigenvalue weighted by Gasteiger charge is 2.13. The fraction of sp³-hybridized carbons (Fsp3) is 0.250. The minimum Gasteiger partial charge on any atom is -0.497 e. The zero-order valence-electron chi connectivity index (χ0n) is 16.1. The molecule has 0 atom stereocenters. The van der Waals surface area contributed by atoms with Gasteiger partial charge in [0.1, 0.15) is 11.5 Å². The Morgan fingerprint density at radius 2 is 1.86 bits per heavy atom.